The Kier molecular flexibility index (Phi) is 4.46. The lowest BCUT2D eigenvalue weighted by atomic mass is 9.96. The maximum Gasteiger partial charge on any atom is 0.432 e. The summed E-state index contributed by atoms with van der Waals surface area (Å²) in [6, 6.07) is 0. The summed E-state index contributed by atoms with van der Waals surface area (Å²) < 4.78 is 37.4. The Morgan fingerprint density at radius 1 is 1.37 bits per heavy atom. The van der Waals surface area contributed by atoms with Crippen LogP contribution in [0.4, 0.5) is 13.2 Å². The normalized spacial score (nSPS) is 18.9. The maximum atomic E-state index is 12.5. The average Bonchev–Trinajstić information content (AvgIpc) is 2.86. The van der Waals surface area contributed by atoms with Gasteiger partial charge in [-0.05, 0) is 32.4 Å². The molecule has 0 aliphatic carbocycles. The van der Waals surface area contributed by atoms with Crippen LogP contribution in [0, 0.1) is 0 Å². The van der Waals surface area contributed by atoms with Gasteiger partial charge in [0.1, 0.15) is 11.5 Å². The minimum atomic E-state index is -4.35. The van der Waals surface area contributed by atoms with Crippen LogP contribution in [0.2, 0.25) is 0 Å². The van der Waals surface area contributed by atoms with Gasteiger partial charge in [-0.15, -0.1) is 0 Å². The van der Waals surface area contributed by atoms with E-state index in [9.17, 15) is 13.2 Å². The van der Waals surface area contributed by atoms with E-state index < -0.39 is 11.9 Å². The monoisotopic (exact) mass is 277 g/mol. The molecular formula is C12H18F3N3O. The Morgan fingerprint density at radius 3 is 2.58 bits per heavy atom. The van der Waals surface area contributed by atoms with Crippen LogP contribution in [0.1, 0.15) is 36.7 Å². The number of H-pyrrole nitrogens is 1. The van der Waals surface area contributed by atoms with E-state index in [-0.39, 0.29) is 12.5 Å². The number of hydrogen-bond donors (Lipinski definition) is 2. The Labute approximate surface area is 109 Å². The lowest BCUT2D eigenvalue weighted by molar-refractivity contribution is -0.141. The molecule has 108 valence electrons. The van der Waals surface area contributed by atoms with Crippen molar-refractivity contribution in [2.75, 3.05) is 26.2 Å². The molecule has 1 aliphatic heterocycles. The number of piperidine rings is 1. The van der Waals surface area contributed by atoms with Crippen molar-refractivity contribution in [2.24, 2.45) is 0 Å². The van der Waals surface area contributed by atoms with Crippen LogP contribution < -0.4 is 0 Å². The van der Waals surface area contributed by atoms with Gasteiger partial charge in [0.2, 0.25) is 0 Å². The number of halogens is 3. The second kappa shape index (κ2) is 5.92. The molecule has 1 aromatic rings. The number of hydrogen-bond acceptors (Lipinski definition) is 3. The van der Waals surface area contributed by atoms with E-state index in [0.29, 0.717) is 5.82 Å². The zero-order valence-electron chi connectivity index (χ0n) is 10.6. The number of likely N-dealkylation sites (tertiary alicyclic amines) is 1. The van der Waals surface area contributed by atoms with Crippen LogP contribution in [0.5, 0.6) is 0 Å². The quantitative estimate of drug-likeness (QED) is 0.885. The van der Waals surface area contributed by atoms with Gasteiger partial charge in [0.25, 0.3) is 0 Å². The second-order valence-electron chi connectivity index (χ2n) is 4.87. The molecule has 2 rings (SSSR count). The third-order valence-corrected chi connectivity index (χ3v) is 3.51. The summed E-state index contributed by atoms with van der Waals surface area (Å²) in [4.78, 5) is 8.47. The zero-order valence-corrected chi connectivity index (χ0v) is 10.6. The molecule has 0 saturated carbocycles. The SMILES string of the molecule is OCCCN1CCC(c2ncc(C(F)(F)F)[nH]2)CC1. The summed E-state index contributed by atoms with van der Waals surface area (Å²) in [5.41, 5.74) is -0.773. The lowest BCUT2D eigenvalue weighted by Crippen LogP contribution is -2.34. The van der Waals surface area contributed by atoms with Crippen molar-refractivity contribution in [3.8, 4) is 0 Å². The number of nitrogens with zero attached hydrogens (tertiary/aromatic N) is 2. The van der Waals surface area contributed by atoms with E-state index in [1.54, 1.807) is 0 Å². The molecule has 0 amide bonds. The molecule has 2 heterocycles. The highest BCUT2D eigenvalue weighted by Gasteiger charge is 2.34. The van der Waals surface area contributed by atoms with Crippen molar-refractivity contribution in [1.29, 1.82) is 0 Å². The summed E-state index contributed by atoms with van der Waals surface area (Å²) in [5, 5.41) is 8.76. The van der Waals surface area contributed by atoms with E-state index in [0.717, 1.165) is 45.1 Å². The number of aromatic amines is 1. The molecule has 2 N–H and O–H groups in total. The average molecular weight is 277 g/mol. The fourth-order valence-electron chi connectivity index (χ4n) is 2.41. The first kappa shape index (κ1) is 14.3. The van der Waals surface area contributed by atoms with Crippen LogP contribution in [0.25, 0.3) is 0 Å². The first-order valence-electron chi connectivity index (χ1n) is 6.46. The highest BCUT2D eigenvalue weighted by Crippen LogP contribution is 2.31. The van der Waals surface area contributed by atoms with Crippen molar-refractivity contribution >= 4 is 0 Å². The molecule has 1 saturated heterocycles. The van der Waals surface area contributed by atoms with Crippen LogP contribution in [0.3, 0.4) is 0 Å². The summed E-state index contributed by atoms with van der Waals surface area (Å²) >= 11 is 0. The van der Waals surface area contributed by atoms with Crippen LogP contribution in [0.15, 0.2) is 6.20 Å². The molecule has 0 aromatic carbocycles. The number of alkyl halides is 3. The van der Waals surface area contributed by atoms with Crippen LogP contribution in [-0.4, -0.2) is 46.2 Å². The van der Waals surface area contributed by atoms with Gasteiger partial charge < -0.3 is 15.0 Å². The molecule has 0 atom stereocenters. The molecule has 1 aliphatic rings. The number of nitrogens with one attached hydrogen (secondary N) is 1. The van der Waals surface area contributed by atoms with Gasteiger partial charge in [-0.3, -0.25) is 0 Å². The van der Waals surface area contributed by atoms with Crippen molar-refractivity contribution in [2.45, 2.75) is 31.4 Å². The number of aliphatic hydroxyl groups is 1. The highest BCUT2D eigenvalue weighted by atomic mass is 19.4. The Morgan fingerprint density at radius 2 is 2.05 bits per heavy atom. The molecule has 0 bridgehead atoms. The standard InChI is InChI=1S/C12H18F3N3O/c13-12(14,15)10-8-16-11(17-10)9-2-5-18(6-3-9)4-1-7-19/h8-9,19H,1-7H2,(H,16,17). The van der Waals surface area contributed by atoms with Crippen molar-refractivity contribution in [3.63, 3.8) is 0 Å². The summed E-state index contributed by atoms with van der Waals surface area (Å²) in [6.07, 6.45) is -1.14. The van der Waals surface area contributed by atoms with Crippen molar-refractivity contribution < 1.29 is 18.3 Å². The molecule has 0 unspecified atom stereocenters. The summed E-state index contributed by atoms with van der Waals surface area (Å²) in [7, 11) is 0. The van der Waals surface area contributed by atoms with E-state index in [1.807, 2.05) is 0 Å². The fourth-order valence-corrected chi connectivity index (χ4v) is 2.41. The molecule has 0 radical (unpaired) electrons. The predicted molar refractivity (Wildman–Crippen MR) is 63.7 cm³/mol. The van der Waals surface area contributed by atoms with Gasteiger partial charge in [-0.25, -0.2) is 4.98 Å². The van der Waals surface area contributed by atoms with Crippen LogP contribution in [-0.2, 0) is 6.18 Å². The lowest BCUT2D eigenvalue weighted by Gasteiger charge is -2.30. The van der Waals surface area contributed by atoms with Gasteiger partial charge in [0.15, 0.2) is 0 Å². The van der Waals surface area contributed by atoms with Crippen molar-refractivity contribution in [3.05, 3.63) is 17.7 Å². The number of imidazole rings is 1. The summed E-state index contributed by atoms with van der Waals surface area (Å²) in [6.45, 7) is 2.70. The van der Waals surface area contributed by atoms with E-state index >= 15 is 0 Å². The van der Waals surface area contributed by atoms with Gasteiger partial charge >= 0.3 is 6.18 Å². The second-order valence-corrected chi connectivity index (χ2v) is 4.87. The smallest absolute Gasteiger partial charge is 0.396 e. The summed E-state index contributed by atoms with van der Waals surface area (Å²) in [5.74, 6) is 0.510. The van der Waals surface area contributed by atoms with E-state index in [1.165, 1.54) is 0 Å². The minimum absolute atomic E-state index is 0.0708. The van der Waals surface area contributed by atoms with Gasteiger partial charge in [-0.2, -0.15) is 13.2 Å². The Bertz CT molecular complexity index is 397. The molecule has 1 fully saturated rings. The molecular weight excluding hydrogens is 259 g/mol. The first-order chi connectivity index (χ1) is 9.00. The van der Waals surface area contributed by atoms with E-state index in [2.05, 4.69) is 14.9 Å². The predicted octanol–water partition coefficient (Wildman–Crippen LogP) is 1.99. The maximum absolute atomic E-state index is 12.5. The number of aliphatic hydroxyl groups excluding tert-OH is 1. The number of aromatic nitrogens is 2. The minimum Gasteiger partial charge on any atom is -0.396 e. The zero-order chi connectivity index (χ0) is 13.9. The van der Waals surface area contributed by atoms with Gasteiger partial charge in [-0.1, -0.05) is 0 Å². The molecule has 19 heavy (non-hydrogen) atoms. The fraction of sp³-hybridized carbons (Fsp3) is 0.750. The highest BCUT2D eigenvalue weighted by molar-refractivity contribution is 5.09. The Balaban J connectivity index is 1.89. The third kappa shape index (κ3) is 3.70. The topological polar surface area (TPSA) is 52.1 Å². The van der Waals surface area contributed by atoms with Crippen molar-refractivity contribution in [1.82, 2.24) is 14.9 Å². The molecule has 0 spiro atoms. The largest absolute Gasteiger partial charge is 0.432 e. The van der Waals surface area contributed by atoms with E-state index in [4.69, 9.17) is 5.11 Å². The Hall–Kier alpha value is -1.08. The number of rotatable bonds is 4. The van der Waals surface area contributed by atoms with Gasteiger partial charge in [0.05, 0.1) is 6.20 Å². The first-order valence-corrected chi connectivity index (χ1v) is 6.46. The van der Waals surface area contributed by atoms with Crippen LogP contribution >= 0.6 is 0 Å². The molecule has 4 nitrogen and oxygen atoms in total. The third-order valence-electron chi connectivity index (χ3n) is 3.51. The van der Waals surface area contributed by atoms with Gasteiger partial charge in [0, 0.05) is 19.1 Å². The molecule has 1 aromatic heterocycles. The molecule has 7 heteroatoms.